The lowest BCUT2D eigenvalue weighted by atomic mass is 9.72. The maximum absolute atomic E-state index is 7.18. The number of hydrogen-bond donors (Lipinski definition) is 0. The van der Waals surface area contributed by atoms with Gasteiger partial charge in [0.15, 0.2) is 0 Å². The van der Waals surface area contributed by atoms with Gasteiger partial charge in [0, 0.05) is 71.6 Å². The third-order valence-electron chi connectivity index (χ3n) is 20.1. The quantitative estimate of drug-likeness (QED) is 0.172. The highest BCUT2D eigenvalue weighted by Gasteiger charge is 2.49. The molecule has 0 radical (unpaired) electrons. The largest absolute Gasteiger partial charge is 0.455 e. The van der Waals surface area contributed by atoms with Crippen LogP contribution in [0.15, 0.2) is 239 Å². The van der Waals surface area contributed by atoms with Gasteiger partial charge in [0.1, 0.15) is 22.3 Å². The first-order valence-corrected chi connectivity index (χ1v) is 29.4. The maximum atomic E-state index is 7.18. The van der Waals surface area contributed by atoms with E-state index < -0.39 is 0 Å². The van der Waals surface area contributed by atoms with Gasteiger partial charge < -0.3 is 13.7 Å². The second-order valence-electron chi connectivity index (χ2n) is 25.4. The van der Waals surface area contributed by atoms with Gasteiger partial charge in [-0.1, -0.05) is 224 Å². The minimum Gasteiger partial charge on any atom is -0.455 e. The predicted molar refractivity (Wildman–Crippen MR) is 344 cm³/mol. The van der Waals surface area contributed by atoms with E-state index in [-0.39, 0.29) is 22.2 Å². The van der Waals surface area contributed by atoms with Gasteiger partial charge in [0.25, 0.3) is 0 Å². The maximum Gasteiger partial charge on any atom is 0.144 e. The van der Waals surface area contributed by atoms with Crippen LogP contribution in [-0.2, 0) is 16.2 Å². The average Bonchev–Trinajstić information content (AvgIpc) is 3.69. The van der Waals surface area contributed by atoms with Crippen molar-refractivity contribution < 1.29 is 8.83 Å². The summed E-state index contributed by atoms with van der Waals surface area (Å²) in [6.45, 7) is 14.6. The Labute approximate surface area is 482 Å². The molecule has 394 valence electrons. The van der Waals surface area contributed by atoms with E-state index in [4.69, 9.17) is 8.83 Å². The molecule has 2 heterocycles. The molecule has 3 nitrogen and oxygen atoms in total. The van der Waals surface area contributed by atoms with Gasteiger partial charge in [-0.25, -0.2) is 0 Å². The van der Waals surface area contributed by atoms with Crippen LogP contribution in [0.5, 0.6) is 0 Å². The highest BCUT2D eigenvalue weighted by Crippen LogP contribution is 2.65. The summed E-state index contributed by atoms with van der Waals surface area (Å²) >= 11 is 0. The molecule has 4 aliphatic rings. The number of rotatable bonds is 5. The normalized spacial score (nSPS) is 16.0. The van der Waals surface area contributed by atoms with Gasteiger partial charge in [-0.2, -0.15) is 0 Å². The van der Waals surface area contributed by atoms with Crippen molar-refractivity contribution in [2.75, 3.05) is 4.90 Å². The van der Waals surface area contributed by atoms with Gasteiger partial charge in [-0.3, -0.25) is 0 Å². The standard InChI is InChI=1S/C80H57NO2/c1-78(2)61-42-47(38-40-54(61)69-63(78)44-59(76-71(69)56-30-15-18-36-65(56)82-76)52-32-21-33-58-67(46-23-8-7-9-24-46)50-27-12-13-28-51(50)68(52)58)81(64-35-20-25-45-22-10-11-26-49(45)64)48-39-41-55-62(43-48)80(5,6)74-70(55)72-57-31-16-19-37-66(57)83-77(72)73-53-29-14-17-34-60(53)79(3,4)75(73)74/h7-44,67H,1-6H3. The van der Waals surface area contributed by atoms with Crippen molar-refractivity contribution in [2.45, 2.75) is 63.7 Å². The van der Waals surface area contributed by atoms with Crippen LogP contribution in [0.1, 0.15) is 97.5 Å². The summed E-state index contributed by atoms with van der Waals surface area (Å²) in [7, 11) is 0. The lowest BCUT2D eigenvalue weighted by Crippen LogP contribution is -2.24. The van der Waals surface area contributed by atoms with Crippen molar-refractivity contribution in [3.8, 4) is 55.6 Å². The number of para-hydroxylation sites is 2. The van der Waals surface area contributed by atoms with Crippen molar-refractivity contribution >= 4 is 71.7 Å². The minimum atomic E-state index is -0.389. The fourth-order valence-electron chi connectivity index (χ4n) is 16.4. The van der Waals surface area contributed by atoms with Crippen molar-refractivity contribution in [3.05, 3.63) is 281 Å². The fraction of sp³-hybridized carbons (Fsp3) is 0.125. The smallest absolute Gasteiger partial charge is 0.144 e. The van der Waals surface area contributed by atoms with Crippen molar-refractivity contribution in [1.82, 2.24) is 0 Å². The number of furan rings is 2. The molecule has 0 saturated heterocycles. The summed E-state index contributed by atoms with van der Waals surface area (Å²) in [6.07, 6.45) is 0. The topological polar surface area (TPSA) is 29.5 Å². The minimum absolute atomic E-state index is 0.136. The van der Waals surface area contributed by atoms with E-state index in [0.717, 1.165) is 55.7 Å². The summed E-state index contributed by atoms with van der Waals surface area (Å²) in [5.41, 5.74) is 30.8. The van der Waals surface area contributed by atoms with E-state index in [1.54, 1.807) is 0 Å². The SMILES string of the molecule is CC1(C)c2cc(N(c3ccc4c(c3)C(C)(C)c3c5c(c6oc7ccccc7c6c3-4)-c3ccccc3C5(C)C)c3cccc4ccccc34)ccc2-c2c1cc(-c1cccc3c1-c1ccccc1C3c1ccccc1)c1oc3ccccc3c21. The first-order chi connectivity index (χ1) is 40.5. The summed E-state index contributed by atoms with van der Waals surface area (Å²) in [5, 5.41) is 7.11. The molecule has 0 spiro atoms. The van der Waals surface area contributed by atoms with Crippen molar-refractivity contribution in [3.63, 3.8) is 0 Å². The molecule has 12 aromatic carbocycles. The van der Waals surface area contributed by atoms with E-state index in [9.17, 15) is 0 Å². The van der Waals surface area contributed by atoms with Crippen LogP contribution >= 0.6 is 0 Å². The zero-order valence-electron chi connectivity index (χ0n) is 47.3. The first kappa shape index (κ1) is 47.0. The molecular weight excluding hydrogens is 1010 g/mol. The second kappa shape index (κ2) is 16.3. The van der Waals surface area contributed by atoms with Gasteiger partial charge in [-0.15, -0.1) is 0 Å². The monoisotopic (exact) mass is 1060 g/mol. The number of benzene rings is 12. The molecule has 83 heavy (non-hydrogen) atoms. The zero-order chi connectivity index (χ0) is 55.4. The van der Waals surface area contributed by atoms with Crippen LogP contribution < -0.4 is 4.90 Å². The molecular formula is C80H57NO2. The Hall–Kier alpha value is -9.70. The molecule has 0 bridgehead atoms. The van der Waals surface area contributed by atoms with Crippen LogP contribution in [0.2, 0.25) is 0 Å². The van der Waals surface area contributed by atoms with Gasteiger partial charge in [0.2, 0.25) is 0 Å². The van der Waals surface area contributed by atoms with Crippen LogP contribution in [0, 0.1) is 0 Å². The molecule has 1 atom stereocenters. The molecule has 1 unspecified atom stereocenters. The summed E-state index contributed by atoms with van der Waals surface area (Å²) in [4.78, 5) is 2.54. The van der Waals surface area contributed by atoms with Crippen LogP contribution in [0.4, 0.5) is 17.1 Å². The molecule has 2 aromatic heterocycles. The Kier molecular flexibility index (Phi) is 9.21. The molecule has 0 N–H and O–H groups in total. The fourth-order valence-corrected chi connectivity index (χ4v) is 16.4. The number of fused-ring (bicyclic) bond motifs is 23. The Balaban J connectivity index is 0.850. The molecule has 14 aromatic rings. The van der Waals surface area contributed by atoms with E-state index in [2.05, 4.69) is 277 Å². The van der Waals surface area contributed by atoms with E-state index >= 15 is 0 Å². The Morgan fingerprint density at radius 3 is 1.63 bits per heavy atom. The Bertz CT molecular complexity index is 5190. The zero-order valence-corrected chi connectivity index (χ0v) is 47.3. The third-order valence-corrected chi connectivity index (χ3v) is 20.1. The van der Waals surface area contributed by atoms with Crippen LogP contribution in [0.3, 0.4) is 0 Å². The summed E-state index contributed by atoms with van der Waals surface area (Å²) in [6, 6.07) is 86.0. The molecule has 0 saturated carbocycles. The molecule has 4 aliphatic carbocycles. The van der Waals surface area contributed by atoms with Gasteiger partial charge in [-0.05, 0) is 148 Å². The molecule has 0 aliphatic heterocycles. The summed E-state index contributed by atoms with van der Waals surface area (Å²) < 4.78 is 14.2. The van der Waals surface area contributed by atoms with E-state index in [1.807, 2.05) is 0 Å². The number of nitrogens with zero attached hydrogens (tertiary/aromatic N) is 1. The van der Waals surface area contributed by atoms with Crippen LogP contribution in [0.25, 0.3) is 110 Å². The predicted octanol–water partition coefficient (Wildman–Crippen LogP) is 21.9. The van der Waals surface area contributed by atoms with Crippen molar-refractivity contribution in [2.24, 2.45) is 0 Å². The Morgan fingerprint density at radius 1 is 0.337 bits per heavy atom. The first-order valence-electron chi connectivity index (χ1n) is 29.4. The molecule has 3 heteroatoms. The van der Waals surface area contributed by atoms with Gasteiger partial charge >= 0.3 is 0 Å². The Morgan fingerprint density at radius 2 is 0.867 bits per heavy atom. The van der Waals surface area contributed by atoms with Crippen LogP contribution in [-0.4, -0.2) is 0 Å². The lowest BCUT2D eigenvalue weighted by molar-refractivity contribution is 0.600. The molecule has 0 fully saturated rings. The highest BCUT2D eigenvalue weighted by molar-refractivity contribution is 6.22. The second-order valence-corrected chi connectivity index (χ2v) is 25.4. The number of hydrogen-bond acceptors (Lipinski definition) is 3. The van der Waals surface area contributed by atoms with E-state index in [1.165, 1.54) is 122 Å². The summed E-state index contributed by atoms with van der Waals surface area (Å²) in [5.74, 6) is 0.136. The van der Waals surface area contributed by atoms with E-state index in [0.29, 0.717) is 0 Å². The van der Waals surface area contributed by atoms with Gasteiger partial charge in [0.05, 0.1) is 5.69 Å². The van der Waals surface area contributed by atoms with Crippen molar-refractivity contribution in [1.29, 1.82) is 0 Å². The lowest BCUT2D eigenvalue weighted by Gasteiger charge is -2.32. The average molecular weight is 1060 g/mol. The molecule has 18 rings (SSSR count). The number of anilines is 3. The highest BCUT2D eigenvalue weighted by atomic mass is 16.3. The molecule has 0 amide bonds. The third kappa shape index (κ3) is 6.04.